The summed E-state index contributed by atoms with van der Waals surface area (Å²) in [5.41, 5.74) is 0. The third kappa shape index (κ3) is 2.42. The Morgan fingerprint density at radius 2 is 1.82 bits per heavy atom. The van der Waals surface area contributed by atoms with E-state index in [1.807, 2.05) is 12.1 Å². The van der Waals surface area contributed by atoms with Crippen LogP contribution in [-0.4, -0.2) is 12.0 Å². The van der Waals surface area contributed by atoms with Crippen LogP contribution >= 0.6 is 11.6 Å². The Labute approximate surface area is 75.9 Å². The number of hydrogen-bond donors (Lipinski definition) is 0. The molecule has 0 saturated heterocycles. The molecule has 1 rings (SSSR count). The summed E-state index contributed by atoms with van der Waals surface area (Å²) in [7, 11) is 0.393. The van der Waals surface area contributed by atoms with E-state index in [2.05, 4.69) is 25.3 Å². The van der Waals surface area contributed by atoms with Gasteiger partial charge in [0.05, 0.1) is 0 Å². The Bertz CT molecular complexity index is 218. The quantitative estimate of drug-likeness (QED) is 0.625. The number of halogens is 1. The molecular weight excluding hydrogens is 176 g/mol. The summed E-state index contributed by atoms with van der Waals surface area (Å²) >= 11 is 5.76. The molecule has 0 aliphatic heterocycles. The van der Waals surface area contributed by atoms with Gasteiger partial charge in [0.2, 0.25) is 0 Å². The van der Waals surface area contributed by atoms with Crippen LogP contribution in [0, 0.1) is 0 Å². The minimum absolute atomic E-state index is 0.393. The lowest BCUT2D eigenvalue weighted by atomic mass is 10.4. The Morgan fingerprint density at radius 1 is 1.27 bits per heavy atom. The van der Waals surface area contributed by atoms with Gasteiger partial charge in [0, 0.05) is 15.9 Å². The zero-order valence-electron chi connectivity index (χ0n) is 6.80. The normalized spacial score (nSPS) is 13.0. The largest absolute Gasteiger partial charge is 0.154 e. The fourth-order valence-corrected chi connectivity index (χ4v) is 1.89. The van der Waals surface area contributed by atoms with Crippen molar-refractivity contribution in [1.29, 1.82) is 0 Å². The van der Waals surface area contributed by atoms with Gasteiger partial charge >= 0.3 is 0 Å². The second-order valence-corrected chi connectivity index (χ2v) is 5.14. The predicted octanol–water partition coefficient (Wildman–Crippen LogP) is 2.97. The van der Waals surface area contributed by atoms with E-state index in [4.69, 9.17) is 11.6 Å². The fraction of sp³-hybridized carbons (Fsp3) is 0.333. The Morgan fingerprint density at radius 3 is 2.27 bits per heavy atom. The van der Waals surface area contributed by atoms with Crippen molar-refractivity contribution in [3.05, 3.63) is 29.3 Å². The highest BCUT2D eigenvalue weighted by atomic mass is 35.5. The molecule has 0 amide bonds. The highest BCUT2D eigenvalue weighted by Crippen LogP contribution is 2.15. The molecule has 0 aromatic heterocycles. The first-order valence-corrected chi connectivity index (χ1v) is 5.80. The van der Waals surface area contributed by atoms with Crippen molar-refractivity contribution in [2.75, 3.05) is 12.0 Å². The fourth-order valence-electron chi connectivity index (χ4n) is 0.834. The summed E-state index contributed by atoms with van der Waals surface area (Å²) in [5.74, 6) is 1.21. The first-order chi connectivity index (χ1) is 5.24. The molecule has 0 aliphatic rings. The third-order valence-electron chi connectivity index (χ3n) is 1.65. The lowest BCUT2D eigenvalue weighted by Gasteiger charge is -1.98. The standard InChI is InChI=1S/C9H12ClS/c1-3-11(2)9-6-4-8(10)5-7-9/h4-7H,3H2,1-2H3/q+1. The van der Waals surface area contributed by atoms with Gasteiger partial charge in [-0.3, -0.25) is 0 Å². The molecule has 0 radical (unpaired) electrons. The van der Waals surface area contributed by atoms with Crippen LogP contribution in [0.15, 0.2) is 29.2 Å². The maximum atomic E-state index is 5.76. The molecule has 0 nitrogen and oxygen atoms in total. The van der Waals surface area contributed by atoms with Crippen LogP contribution in [0.2, 0.25) is 5.02 Å². The second kappa shape index (κ2) is 4.03. The minimum atomic E-state index is 0.393. The Balaban J connectivity index is 2.81. The lowest BCUT2D eigenvalue weighted by Crippen LogP contribution is -2.01. The first-order valence-electron chi connectivity index (χ1n) is 3.62. The van der Waals surface area contributed by atoms with E-state index in [0.29, 0.717) is 10.9 Å². The molecule has 1 aromatic rings. The minimum Gasteiger partial charge on any atom is -0.0843 e. The average Bonchev–Trinajstić information content (AvgIpc) is 2.05. The topological polar surface area (TPSA) is 0 Å². The molecule has 0 saturated carbocycles. The molecule has 1 unspecified atom stereocenters. The zero-order chi connectivity index (χ0) is 8.27. The van der Waals surface area contributed by atoms with E-state index in [1.165, 1.54) is 10.6 Å². The summed E-state index contributed by atoms with van der Waals surface area (Å²) < 4.78 is 0. The van der Waals surface area contributed by atoms with Gasteiger partial charge in [-0.05, 0) is 31.2 Å². The van der Waals surface area contributed by atoms with Crippen molar-refractivity contribution in [2.45, 2.75) is 11.8 Å². The van der Waals surface area contributed by atoms with Gasteiger partial charge in [-0.25, -0.2) is 0 Å². The highest BCUT2D eigenvalue weighted by Gasteiger charge is 2.10. The van der Waals surface area contributed by atoms with Crippen molar-refractivity contribution in [3.8, 4) is 0 Å². The van der Waals surface area contributed by atoms with Gasteiger partial charge in [0.25, 0.3) is 0 Å². The molecule has 2 heteroatoms. The second-order valence-electron chi connectivity index (χ2n) is 2.38. The Hall–Kier alpha value is -0.140. The number of rotatable bonds is 2. The van der Waals surface area contributed by atoms with Crippen molar-refractivity contribution < 1.29 is 0 Å². The summed E-state index contributed by atoms with van der Waals surface area (Å²) in [6.07, 6.45) is 2.25. The molecule has 0 fully saturated rings. The smallest absolute Gasteiger partial charge is 0.0843 e. The molecular formula is C9H12ClS+. The van der Waals surface area contributed by atoms with Gasteiger partial charge in [-0.1, -0.05) is 11.6 Å². The van der Waals surface area contributed by atoms with Crippen LogP contribution in [0.4, 0.5) is 0 Å². The Kier molecular flexibility index (Phi) is 3.28. The highest BCUT2D eigenvalue weighted by molar-refractivity contribution is 7.96. The van der Waals surface area contributed by atoms with Crippen molar-refractivity contribution in [3.63, 3.8) is 0 Å². The SMILES string of the molecule is CC[S+](C)c1ccc(Cl)cc1. The van der Waals surface area contributed by atoms with Crippen molar-refractivity contribution in [2.24, 2.45) is 0 Å². The van der Waals surface area contributed by atoms with E-state index in [9.17, 15) is 0 Å². The molecule has 0 heterocycles. The van der Waals surface area contributed by atoms with Crippen LogP contribution in [0.3, 0.4) is 0 Å². The number of hydrogen-bond acceptors (Lipinski definition) is 0. The lowest BCUT2D eigenvalue weighted by molar-refractivity contribution is 1.40. The third-order valence-corrected chi connectivity index (χ3v) is 3.84. The van der Waals surface area contributed by atoms with Crippen LogP contribution in [0.25, 0.3) is 0 Å². The maximum Gasteiger partial charge on any atom is 0.154 e. The zero-order valence-corrected chi connectivity index (χ0v) is 8.38. The molecule has 0 spiro atoms. The van der Waals surface area contributed by atoms with Crippen LogP contribution in [-0.2, 0) is 10.9 Å². The molecule has 0 aliphatic carbocycles. The van der Waals surface area contributed by atoms with Crippen molar-refractivity contribution >= 4 is 22.5 Å². The van der Waals surface area contributed by atoms with Gasteiger partial charge in [-0.2, -0.15) is 0 Å². The van der Waals surface area contributed by atoms with Gasteiger partial charge in [-0.15, -0.1) is 0 Å². The van der Waals surface area contributed by atoms with E-state index in [-0.39, 0.29) is 0 Å². The first kappa shape index (κ1) is 8.95. The molecule has 11 heavy (non-hydrogen) atoms. The maximum absolute atomic E-state index is 5.76. The molecule has 0 bridgehead atoms. The summed E-state index contributed by atoms with van der Waals surface area (Å²) in [6.45, 7) is 2.21. The van der Waals surface area contributed by atoms with Crippen molar-refractivity contribution in [1.82, 2.24) is 0 Å². The van der Waals surface area contributed by atoms with E-state index < -0.39 is 0 Å². The number of benzene rings is 1. The molecule has 60 valence electrons. The summed E-state index contributed by atoms with van der Waals surface area (Å²) in [6, 6.07) is 8.12. The summed E-state index contributed by atoms with van der Waals surface area (Å²) in [4.78, 5) is 1.40. The van der Waals surface area contributed by atoms with E-state index in [0.717, 1.165) is 5.02 Å². The van der Waals surface area contributed by atoms with Crippen LogP contribution in [0.1, 0.15) is 6.92 Å². The average molecular weight is 188 g/mol. The summed E-state index contributed by atoms with van der Waals surface area (Å²) in [5, 5.41) is 0.821. The molecule has 0 N–H and O–H groups in total. The predicted molar refractivity (Wildman–Crippen MR) is 53.5 cm³/mol. The van der Waals surface area contributed by atoms with Gasteiger partial charge < -0.3 is 0 Å². The van der Waals surface area contributed by atoms with E-state index in [1.54, 1.807) is 0 Å². The molecule has 1 atom stereocenters. The van der Waals surface area contributed by atoms with Gasteiger partial charge in [0.15, 0.2) is 4.90 Å². The van der Waals surface area contributed by atoms with Crippen LogP contribution < -0.4 is 0 Å². The van der Waals surface area contributed by atoms with E-state index >= 15 is 0 Å². The van der Waals surface area contributed by atoms with Crippen LogP contribution in [0.5, 0.6) is 0 Å². The monoisotopic (exact) mass is 187 g/mol. The molecule has 1 aromatic carbocycles. The van der Waals surface area contributed by atoms with Gasteiger partial charge in [0.1, 0.15) is 12.0 Å².